The smallest absolute Gasteiger partial charge is 0.233 e. The summed E-state index contributed by atoms with van der Waals surface area (Å²) in [5.74, 6) is 1.99. The molecule has 1 atom stereocenters. The van der Waals surface area contributed by atoms with Crippen molar-refractivity contribution < 1.29 is 9.59 Å². The minimum atomic E-state index is 0.0923. The van der Waals surface area contributed by atoms with Crippen LogP contribution in [0.4, 0.5) is 5.82 Å². The van der Waals surface area contributed by atoms with Gasteiger partial charge in [0, 0.05) is 51.8 Å². The molecule has 7 nitrogen and oxygen atoms in total. The highest BCUT2D eigenvalue weighted by Gasteiger charge is 2.27. The molecule has 2 fully saturated rings. The quantitative estimate of drug-likeness (QED) is 0.419. The predicted molar refractivity (Wildman–Crippen MR) is 112 cm³/mol. The lowest BCUT2D eigenvalue weighted by atomic mass is 9.99. The zero-order valence-electron chi connectivity index (χ0n) is 16.7. The lowest BCUT2D eigenvalue weighted by Crippen LogP contribution is -2.53. The molecule has 3 heterocycles. The molecule has 0 saturated carbocycles. The number of amides is 2. The summed E-state index contributed by atoms with van der Waals surface area (Å²) in [5.41, 5.74) is 0. The van der Waals surface area contributed by atoms with E-state index in [1.807, 2.05) is 16.7 Å². The van der Waals surface area contributed by atoms with Crippen molar-refractivity contribution in [3.63, 3.8) is 0 Å². The molecule has 154 valence electrons. The zero-order chi connectivity index (χ0) is 20.3. The second-order valence-electron chi connectivity index (χ2n) is 7.69. The average Bonchev–Trinajstić information content (AvgIpc) is 2.66. The van der Waals surface area contributed by atoms with Crippen LogP contribution in [0.2, 0.25) is 5.15 Å². The molecule has 0 bridgehead atoms. The van der Waals surface area contributed by atoms with E-state index in [0.717, 1.165) is 31.7 Å². The number of thioether (sulfide) groups is 1. The topological polar surface area (TPSA) is 69.6 Å². The lowest BCUT2D eigenvalue weighted by molar-refractivity contribution is -0.131. The summed E-state index contributed by atoms with van der Waals surface area (Å²) >= 11 is 7.55. The number of piperidine rings is 1. The number of piperazine rings is 1. The Kier molecular flexibility index (Phi) is 7.04. The molecule has 0 N–H and O–H groups in total. The number of carbonyl (C=O) groups is 2. The Balaban J connectivity index is 1.60. The molecule has 0 aromatic carbocycles. The number of carbonyl (C=O) groups excluding carboxylic acids is 2. The molecule has 0 spiro atoms. The van der Waals surface area contributed by atoms with Gasteiger partial charge in [-0.2, -0.15) is 0 Å². The molecule has 28 heavy (non-hydrogen) atoms. The number of anilines is 1. The van der Waals surface area contributed by atoms with Gasteiger partial charge in [-0.3, -0.25) is 9.59 Å². The molecular formula is C19H28ClN5O2S. The van der Waals surface area contributed by atoms with Crippen LogP contribution in [0.25, 0.3) is 0 Å². The maximum Gasteiger partial charge on any atom is 0.233 e. The van der Waals surface area contributed by atoms with E-state index in [9.17, 15) is 9.59 Å². The average molecular weight is 426 g/mol. The summed E-state index contributed by atoms with van der Waals surface area (Å²) in [4.78, 5) is 38.9. The van der Waals surface area contributed by atoms with Gasteiger partial charge in [-0.1, -0.05) is 30.3 Å². The molecule has 0 radical (unpaired) electrons. The first-order valence-electron chi connectivity index (χ1n) is 9.80. The number of halogens is 1. The molecule has 0 aliphatic carbocycles. The monoisotopic (exact) mass is 425 g/mol. The van der Waals surface area contributed by atoms with Crippen LogP contribution in [0.3, 0.4) is 0 Å². The standard InChI is InChI=1S/C19H28ClN5O2S/c1-13-4-6-23(7-5-13)18(27)12-28-19-21-16(20)10-17(22-19)24-8-9-25(15(3)26)14(2)11-24/h10,13-14H,4-9,11-12H2,1-3H3. The Hall–Kier alpha value is -1.54. The van der Waals surface area contributed by atoms with Gasteiger partial charge < -0.3 is 14.7 Å². The fourth-order valence-electron chi connectivity index (χ4n) is 3.72. The van der Waals surface area contributed by atoms with Gasteiger partial charge in [0.05, 0.1) is 5.75 Å². The molecule has 1 aromatic heterocycles. The minimum Gasteiger partial charge on any atom is -0.353 e. The maximum atomic E-state index is 12.5. The van der Waals surface area contributed by atoms with E-state index >= 15 is 0 Å². The Morgan fingerprint density at radius 3 is 2.54 bits per heavy atom. The van der Waals surface area contributed by atoms with E-state index in [4.69, 9.17) is 11.6 Å². The molecule has 2 saturated heterocycles. The van der Waals surface area contributed by atoms with Crippen molar-refractivity contribution in [1.29, 1.82) is 0 Å². The molecule has 3 rings (SSSR count). The molecule has 1 aromatic rings. The number of aromatic nitrogens is 2. The SMILES string of the molecule is CC(=O)N1CCN(c2cc(Cl)nc(SCC(=O)N3CCC(C)CC3)n2)CC1C. The number of likely N-dealkylation sites (tertiary alicyclic amines) is 1. The van der Waals surface area contributed by atoms with Gasteiger partial charge in [-0.25, -0.2) is 9.97 Å². The Morgan fingerprint density at radius 2 is 1.89 bits per heavy atom. The van der Waals surface area contributed by atoms with Crippen LogP contribution in [-0.2, 0) is 9.59 Å². The van der Waals surface area contributed by atoms with E-state index in [-0.39, 0.29) is 17.9 Å². The summed E-state index contributed by atoms with van der Waals surface area (Å²) in [7, 11) is 0. The highest BCUT2D eigenvalue weighted by Crippen LogP contribution is 2.25. The van der Waals surface area contributed by atoms with Crippen LogP contribution >= 0.6 is 23.4 Å². The van der Waals surface area contributed by atoms with Crippen LogP contribution in [0, 0.1) is 5.92 Å². The molecule has 1 unspecified atom stereocenters. The Bertz CT molecular complexity index is 726. The third kappa shape index (κ3) is 5.29. The number of hydrogen-bond donors (Lipinski definition) is 0. The van der Waals surface area contributed by atoms with E-state index < -0.39 is 0 Å². The van der Waals surface area contributed by atoms with Crippen molar-refractivity contribution in [2.75, 3.05) is 43.4 Å². The maximum absolute atomic E-state index is 12.5. The predicted octanol–water partition coefficient (Wildman–Crippen LogP) is 2.54. The van der Waals surface area contributed by atoms with Crippen LogP contribution in [0.5, 0.6) is 0 Å². The fourth-order valence-corrected chi connectivity index (χ4v) is 4.70. The number of hydrogen-bond acceptors (Lipinski definition) is 6. The number of nitrogens with zero attached hydrogens (tertiary/aromatic N) is 5. The molecule has 2 amide bonds. The van der Waals surface area contributed by atoms with E-state index in [1.165, 1.54) is 11.8 Å². The summed E-state index contributed by atoms with van der Waals surface area (Å²) in [5, 5.41) is 0.885. The van der Waals surface area contributed by atoms with Gasteiger partial charge in [-0.05, 0) is 25.7 Å². The molecule has 2 aliphatic heterocycles. The third-order valence-electron chi connectivity index (χ3n) is 5.48. The fraction of sp³-hybridized carbons (Fsp3) is 0.684. The van der Waals surface area contributed by atoms with Crippen LogP contribution in [0.1, 0.15) is 33.6 Å². The van der Waals surface area contributed by atoms with Crippen molar-refractivity contribution >= 4 is 41.0 Å². The van der Waals surface area contributed by atoms with E-state index in [1.54, 1.807) is 13.0 Å². The molecular weight excluding hydrogens is 398 g/mol. The van der Waals surface area contributed by atoms with Crippen molar-refractivity contribution in [2.45, 2.75) is 44.8 Å². The van der Waals surface area contributed by atoms with Gasteiger partial charge in [0.15, 0.2) is 5.16 Å². The zero-order valence-corrected chi connectivity index (χ0v) is 18.3. The first-order valence-corrected chi connectivity index (χ1v) is 11.2. The first kappa shape index (κ1) is 21.2. The summed E-state index contributed by atoms with van der Waals surface area (Å²) in [6.45, 7) is 9.59. The van der Waals surface area contributed by atoms with E-state index in [0.29, 0.717) is 41.6 Å². The second-order valence-corrected chi connectivity index (χ2v) is 9.02. The van der Waals surface area contributed by atoms with Crippen molar-refractivity contribution in [3.05, 3.63) is 11.2 Å². The van der Waals surface area contributed by atoms with Gasteiger partial charge >= 0.3 is 0 Å². The lowest BCUT2D eigenvalue weighted by Gasteiger charge is -2.40. The van der Waals surface area contributed by atoms with Gasteiger partial charge in [0.2, 0.25) is 11.8 Å². The Labute approximate surface area is 175 Å². The Morgan fingerprint density at radius 1 is 1.18 bits per heavy atom. The second kappa shape index (κ2) is 9.31. The van der Waals surface area contributed by atoms with Gasteiger partial charge in [0.1, 0.15) is 11.0 Å². The summed E-state index contributed by atoms with van der Waals surface area (Å²) in [6, 6.07) is 1.86. The molecule has 9 heteroatoms. The highest BCUT2D eigenvalue weighted by molar-refractivity contribution is 7.99. The largest absolute Gasteiger partial charge is 0.353 e. The summed E-state index contributed by atoms with van der Waals surface area (Å²) < 4.78 is 0. The summed E-state index contributed by atoms with van der Waals surface area (Å²) in [6.07, 6.45) is 2.14. The molecule has 2 aliphatic rings. The normalized spacial score (nSPS) is 21.1. The van der Waals surface area contributed by atoms with E-state index in [2.05, 4.69) is 21.8 Å². The third-order valence-corrected chi connectivity index (χ3v) is 6.50. The number of rotatable bonds is 4. The van der Waals surface area contributed by atoms with Crippen LogP contribution in [0.15, 0.2) is 11.2 Å². The minimum absolute atomic E-state index is 0.0923. The van der Waals surface area contributed by atoms with Crippen LogP contribution in [-0.4, -0.2) is 76.1 Å². The first-order chi connectivity index (χ1) is 13.3. The van der Waals surface area contributed by atoms with Gasteiger partial charge in [-0.15, -0.1) is 0 Å². The van der Waals surface area contributed by atoms with Crippen molar-refractivity contribution in [3.8, 4) is 0 Å². The highest BCUT2D eigenvalue weighted by atomic mass is 35.5. The van der Waals surface area contributed by atoms with Crippen molar-refractivity contribution in [1.82, 2.24) is 19.8 Å². The van der Waals surface area contributed by atoms with Gasteiger partial charge in [0.25, 0.3) is 0 Å². The van der Waals surface area contributed by atoms with Crippen LogP contribution < -0.4 is 4.90 Å². The van der Waals surface area contributed by atoms with Crippen molar-refractivity contribution in [2.24, 2.45) is 5.92 Å².